The Bertz CT molecular complexity index is 1020. The lowest BCUT2D eigenvalue weighted by Crippen LogP contribution is -2.22. The molecule has 3 rings (SSSR count). The molecule has 0 aliphatic heterocycles. The Labute approximate surface area is 201 Å². The molecule has 1 aromatic heterocycles. The van der Waals surface area contributed by atoms with Gasteiger partial charge in [0.2, 0.25) is 5.91 Å². The van der Waals surface area contributed by atoms with Crippen molar-refractivity contribution < 1.29 is 14.3 Å². The highest BCUT2D eigenvalue weighted by Crippen LogP contribution is 2.33. The van der Waals surface area contributed by atoms with Gasteiger partial charge in [0.1, 0.15) is 11.5 Å². The van der Waals surface area contributed by atoms with Crippen LogP contribution in [0, 0.1) is 0 Å². The average Bonchev–Trinajstić information content (AvgIpc) is 3.24. The molecule has 1 N–H and O–H groups in total. The van der Waals surface area contributed by atoms with Gasteiger partial charge in [0, 0.05) is 29.6 Å². The highest BCUT2D eigenvalue weighted by molar-refractivity contribution is 8.03. The lowest BCUT2D eigenvalue weighted by Gasteiger charge is -2.12. The molecule has 1 amide bonds. The smallest absolute Gasteiger partial charge is 0.237 e. The first-order valence-electron chi connectivity index (χ1n) is 10.1. The summed E-state index contributed by atoms with van der Waals surface area (Å²) in [6.07, 6.45) is 0. The summed E-state index contributed by atoms with van der Waals surface area (Å²) < 4.78 is 12.2. The van der Waals surface area contributed by atoms with Crippen molar-refractivity contribution in [1.82, 2.24) is 10.2 Å². The molecule has 32 heavy (non-hydrogen) atoms. The number of ether oxygens (including phenoxy) is 2. The summed E-state index contributed by atoms with van der Waals surface area (Å²) in [5.41, 5.74) is 3.22. The second-order valence-electron chi connectivity index (χ2n) is 7.37. The summed E-state index contributed by atoms with van der Waals surface area (Å²) in [5.74, 6) is 2.48. The van der Waals surface area contributed by atoms with Gasteiger partial charge in [-0.1, -0.05) is 73.0 Å². The van der Waals surface area contributed by atoms with E-state index in [9.17, 15) is 4.79 Å². The third-order valence-corrected chi connectivity index (χ3v) is 7.97. The number of nitrogens with zero attached hydrogens (tertiary/aromatic N) is 2. The summed E-state index contributed by atoms with van der Waals surface area (Å²) in [6.45, 7) is 6.24. The number of nitrogens with one attached hydrogen (secondary N) is 1. The van der Waals surface area contributed by atoms with Crippen LogP contribution in [0.25, 0.3) is 0 Å². The van der Waals surface area contributed by atoms with Crippen LogP contribution in [-0.4, -0.2) is 35.6 Å². The number of methoxy groups -OCH3 is 2. The third kappa shape index (κ3) is 6.88. The first-order valence-corrected chi connectivity index (χ1v) is 12.8. The zero-order chi connectivity index (χ0) is 23.1. The summed E-state index contributed by atoms with van der Waals surface area (Å²) in [7, 11) is 3.15. The van der Waals surface area contributed by atoms with Crippen molar-refractivity contribution in [3.05, 3.63) is 53.6 Å². The number of rotatable bonds is 10. The van der Waals surface area contributed by atoms with Crippen LogP contribution >= 0.6 is 34.9 Å². The standard InChI is InChI=1S/C23H27N3O3S3/c1-14(2)17-8-6-16(7-9-17)13-30-22-25-26-23(32-22)31-15(3)21(27)24-18-10-19(28-4)12-20(11-18)29-5/h6-12,14-15H,13H2,1-5H3,(H,24,27). The topological polar surface area (TPSA) is 73.3 Å². The van der Waals surface area contributed by atoms with Gasteiger partial charge in [0.25, 0.3) is 0 Å². The molecular weight excluding hydrogens is 462 g/mol. The van der Waals surface area contributed by atoms with Crippen molar-refractivity contribution in [1.29, 1.82) is 0 Å². The van der Waals surface area contributed by atoms with Crippen molar-refractivity contribution in [3.8, 4) is 11.5 Å². The van der Waals surface area contributed by atoms with Gasteiger partial charge in [-0.05, 0) is 24.0 Å². The third-order valence-electron chi connectivity index (χ3n) is 4.66. The molecule has 6 nitrogen and oxygen atoms in total. The maximum Gasteiger partial charge on any atom is 0.237 e. The van der Waals surface area contributed by atoms with E-state index in [0.29, 0.717) is 23.1 Å². The van der Waals surface area contributed by atoms with E-state index in [2.05, 4.69) is 53.6 Å². The van der Waals surface area contributed by atoms with Crippen molar-refractivity contribution in [2.45, 2.75) is 46.4 Å². The Morgan fingerprint density at radius 3 is 2.22 bits per heavy atom. The van der Waals surface area contributed by atoms with Gasteiger partial charge in [-0.3, -0.25) is 4.79 Å². The highest BCUT2D eigenvalue weighted by atomic mass is 32.2. The molecule has 0 fully saturated rings. The number of aromatic nitrogens is 2. The fourth-order valence-corrected chi connectivity index (χ4v) is 5.90. The normalized spacial score (nSPS) is 11.9. The van der Waals surface area contributed by atoms with E-state index >= 15 is 0 Å². The molecule has 170 valence electrons. The maximum atomic E-state index is 12.6. The van der Waals surface area contributed by atoms with Crippen molar-refractivity contribution >= 4 is 46.5 Å². The lowest BCUT2D eigenvalue weighted by atomic mass is 10.0. The van der Waals surface area contributed by atoms with E-state index in [-0.39, 0.29) is 11.2 Å². The molecule has 9 heteroatoms. The van der Waals surface area contributed by atoms with Crippen molar-refractivity contribution in [2.24, 2.45) is 0 Å². The summed E-state index contributed by atoms with van der Waals surface area (Å²) >= 11 is 4.56. The molecule has 0 saturated heterocycles. The lowest BCUT2D eigenvalue weighted by molar-refractivity contribution is -0.115. The Morgan fingerprint density at radius 1 is 1.00 bits per heavy atom. The minimum Gasteiger partial charge on any atom is -0.497 e. The van der Waals surface area contributed by atoms with E-state index in [1.165, 1.54) is 34.2 Å². The minimum atomic E-state index is -0.332. The van der Waals surface area contributed by atoms with Crippen LogP contribution in [-0.2, 0) is 10.5 Å². The van der Waals surface area contributed by atoms with Gasteiger partial charge >= 0.3 is 0 Å². The molecular formula is C23H27N3O3S3. The van der Waals surface area contributed by atoms with Gasteiger partial charge in [-0.25, -0.2) is 0 Å². The van der Waals surface area contributed by atoms with Crippen LogP contribution in [0.5, 0.6) is 11.5 Å². The van der Waals surface area contributed by atoms with E-state index in [1.54, 1.807) is 44.2 Å². The van der Waals surface area contributed by atoms with E-state index in [4.69, 9.17) is 9.47 Å². The molecule has 0 bridgehead atoms. The van der Waals surface area contributed by atoms with Gasteiger partial charge in [-0.15, -0.1) is 10.2 Å². The minimum absolute atomic E-state index is 0.125. The summed E-state index contributed by atoms with van der Waals surface area (Å²) in [4.78, 5) is 12.6. The van der Waals surface area contributed by atoms with Gasteiger partial charge in [-0.2, -0.15) is 0 Å². The molecule has 3 aromatic rings. The zero-order valence-electron chi connectivity index (χ0n) is 18.7. The zero-order valence-corrected chi connectivity index (χ0v) is 21.2. The second-order valence-corrected chi connectivity index (χ2v) is 11.2. The molecule has 0 saturated carbocycles. The molecule has 2 aromatic carbocycles. The first kappa shape index (κ1) is 24.4. The quantitative estimate of drug-likeness (QED) is 0.345. The van der Waals surface area contributed by atoms with Crippen LogP contribution < -0.4 is 14.8 Å². The van der Waals surface area contributed by atoms with Gasteiger partial charge in [0.15, 0.2) is 8.68 Å². The summed E-state index contributed by atoms with van der Waals surface area (Å²) in [6, 6.07) is 14.0. The molecule has 0 spiro atoms. The predicted octanol–water partition coefficient (Wildman–Crippen LogP) is 6.09. The monoisotopic (exact) mass is 489 g/mol. The molecule has 0 radical (unpaired) electrons. The number of hydrogen-bond donors (Lipinski definition) is 1. The van der Waals surface area contributed by atoms with Crippen LogP contribution in [0.15, 0.2) is 51.1 Å². The number of thioether (sulfide) groups is 2. The largest absolute Gasteiger partial charge is 0.497 e. The molecule has 0 aliphatic rings. The van der Waals surface area contributed by atoms with Crippen molar-refractivity contribution in [3.63, 3.8) is 0 Å². The van der Waals surface area contributed by atoms with Crippen LogP contribution in [0.4, 0.5) is 5.69 Å². The second kappa shape index (κ2) is 11.6. The predicted molar refractivity (Wildman–Crippen MR) is 133 cm³/mol. The molecule has 0 aliphatic carbocycles. The van der Waals surface area contributed by atoms with Gasteiger partial charge < -0.3 is 14.8 Å². The summed E-state index contributed by atoms with van der Waals surface area (Å²) in [5, 5.41) is 11.1. The van der Waals surface area contributed by atoms with Gasteiger partial charge in [0.05, 0.1) is 19.5 Å². The molecule has 1 heterocycles. The number of amides is 1. The highest BCUT2D eigenvalue weighted by Gasteiger charge is 2.18. The average molecular weight is 490 g/mol. The Kier molecular flexibility index (Phi) is 8.84. The van der Waals surface area contributed by atoms with Crippen LogP contribution in [0.3, 0.4) is 0 Å². The fraction of sp³-hybridized carbons (Fsp3) is 0.348. The maximum absolute atomic E-state index is 12.6. The number of carbonyl (C=O) groups excluding carboxylic acids is 1. The number of carbonyl (C=O) groups is 1. The number of anilines is 1. The van der Waals surface area contributed by atoms with E-state index < -0.39 is 0 Å². The molecule has 1 atom stereocenters. The van der Waals surface area contributed by atoms with Crippen LogP contribution in [0.2, 0.25) is 0 Å². The fourth-order valence-electron chi connectivity index (χ4n) is 2.78. The van der Waals surface area contributed by atoms with E-state index in [0.717, 1.165) is 14.4 Å². The Balaban J connectivity index is 1.53. The Hall–Kier alpha value is -2.23. The number of hydrogen-bond acceptors (Lipinski definition) is 8. The number of benzene rings is 2. The first-order chi connectivity index (χ1) is 15.4. The molecule has 1 unspecified atom stereocenters. The van der Waals surface area contributed by atoms with E-state index in [1.807, 2.05) is 6.92 Å². The Morgan fingerprint density at radius 2 is 1.62 bits per heavy atom. The SMILES string of the molecule is COc1cc(NC(=O)C(C)Sc2nnc(SCc3ccc(C(C)C)cc3)s2)cc(OC)c1. The van der Waals surface area contributed by atoms with Crippen LogP contribution in [0.1, 0.15) is 37.8 Å². The van der Waals surface area contributed by atoms with Crippen molar-refractivity contribution in [2.75, 3.05) is 19.5 Å².